The molecule has 6 heteroatoms. The normalized spacial score (nSPS) is 14.0. The highest BCUT2D eigenvalue weighted by atomic mass is 19.2. The Morgan fingerprint density at radius 3 is 2.39 bits per heavy atom. The van der Waals surface area contributed by atoms with Crippen molar-refractivity contribution in [1.82, 2.24) is 0 Å². The summed E-state index contributed by atoms with van der Waals surface area (Å²) in [5.41, 5.74) is 2.03. The van der Waals surface area contributed by atoms with Crippen molar-refractivity contribution < 1.29 is 22.8 Å². The minimum Gasteiger partial charge on any atom is -0.321 e. The van der Waals surface area contributed by atoms with Gasteiger partial charge in [0.15, 0.2) is 11.6 Å². The van der Waals surface area contributed by atoms with E-state index in [1.54, 1.807) is 30.3 Å². The average Bonchev–Trinajstić information content (AvgIpc) is 2.75. The van der Waals surface area contributed by atoms with Gasteiger partial charge in [-0.25, -0.2) is 13.2 Å². The minimum atomic E-state index is -1.07. The molecular formula is C25H14F3NO2. The standard InChI is InChI=1S/C25H14F3NO2/c26-18-8-4-15(5-9-18)2-1-3-16-7-11-23-19(12-16)24(30)20(25(31)29-23)13-17-6-10-21(27)22(28)14-17/h4-14H,2H2,(H,29,31)/b20-13-. The zero-order chi connectivity index (χ0) is 22.0. The van der Waals surface area contributed by atoms with E-state index in [1.165, 1.54) is 24.3 Å². The van der Waals surface area contributed by atoms with E-state index in [-0.39, 0.29) is 22.5 Å². The van der Waals surface area contributed by atoms with Crippen LogP contribution in [0.15, 0.2) is 66.2 Å². The summed E-state index contributed by atoms with van der Waals surface area (Å²) >= 11 is 0. The van der Waals surface area contributed by atoms with Crippen LogP contribution >= 0.6 is 0 Å². The summed E-state index contributed by atoms with van der Waals surface area (Å²) in [6, 6.07) is 13.9. The van der Waals surface area contributed by atoms with Crippen molar-refractivity contribution in [3.05, 3.63) is 106 Å². The van der Waals surface area contributed by atoms with Crippen molar-refractivity contribution in [3.63, 3.8) is 0 Å². The lowest BCUT2D eigenvalue weighted by Crippen LogP contribution is -2.27. The molecule has 0 unspecified atom stereocenters. The van der Waals surface area contributed by atoms with Crippen LogP contribution < -0.4 is 5.32 Å². The van der Waals surface area contributed by atoms with Crippen molar-refractivity contribution in [2.24, 2.45) is 0 Å². The Hall–Kier alpha value is -4.11. The van der Waals surface area contributed by atoms with E-state index in [0.717, 1.165) is 17.7 Å². The van der Waals surface area contributed by atoms with Crippen molar-refractivity contribution in [1.29, 1.82) is 0 Å². The molecule has 1 amide bonds. The SMILES string of the molecule is O=C1Nc2ccc(C#CCc3ccc(F)cc3)cc2C(=O)/C1=C/c1ccc(F)c(F)c1. The highest BCUT2D eigenvalue weighted by molar-refractivity contribution is 6.36. The van der Waals surface area contributed by atoms with E-state index in [4.69, 9.17) is 0 Å². The summed E-state index contributed by atoms with van der Waals surface area (Å²) in [6.07, 6.45) is 1.62. The minimum absolute atomic E-state index is 0.185. The molecule has 0 aliphatic carbocycles. The van der Waals surface area contributed by atoms with Gasteiger partial charge < -0.3 is 5.32 Å². The van der Waals surface area contributed by atoms with Crippen LogP contribution in [0.1, 0.15) is 27.0 Å². The second-order valence-corrected chi connectivity index (χ2v) is 6.88. The highest BCUT2D eigenvalue weighted by Gasteiger charge is 2.28. The molecule has 0 saturated heterocycles. The molecule has 3 aromatic rings. The summed E-state index contributed by atoms with van der Waals surface area (Å²) in [5, 5.41) is 2.62. The molecule has 31 heavy (non-hydrogen) atoms. The maximum absolute atomic E-state index is 13.5. The van der Waals surface area contributed by atoms with Gasteiger partial charge in [0.1, 0.15) is 5.82 Å². The topological polar surface area (TPSA) is 46.2 Å². The highest BCUT2D eigenvalue weighted by Crippen LogP contribution is 2.27. The van der Waals surface area contributed by atoms with Crippen molar-refractivity contribution in [2.75, 3.05) is 5.32 Å². The summed E-state index contributed by atoms with van der Waals surface area (Å²) in [6.45, 7) is 0. The number of fused-ring (bicyclic) bond motifs is 1. The average molecular weight is 417 g/mol. The number of anilines is 1. The Morgan fingerprint density at radius 1 is 0.871 bits per heavy atom. The number of benzene rings is 3. The number of nitrogens with one attached hydrogen (secondary N) is 1. The maximum Gasteiger partial charge on any atom is 0.259 e. The number of hydrogen-bond donors (Lipinski definition) is 1. The Kier molecular flexibility index (Phi) is 5.42. The van der Waals surface area contributed by atoms with Gasteiger partial charge in [0.2, 0.25) is 5.78 Å². The van der Waals surface area contributed by atoms with E-state index in [1.807, 2.05) is 0 Å². The van der Waals surface area contributed by atoms with Crippen molar-refractivity contribution in [2.45, 2.75) is 6.42 Å². The number of Topliss-reactive ketones (excluding diaryl/α,β-unsaturated/α-hetero) is 1. The summed E-state index contributed by atoms with van der Waals surface area (Å²) < 4.78 is 39.6. The molecule has 3 aromatic carbocycles. The van der Waals surface area contributed by atoms with Gasteiger partial charge in [0, 0.05) is 17.5 Å². The fourth-order valence-corrected chi connectivity index (χ4v) is 3.11. The van der Waals surface area contributed by atoms with Gasteiger partial charge in [-0.3, -0.25) is 9.59 Å². The van der Waals surface area contributed by atoms with Crippen LogP contribution in [0, 0.1) is 29.3 Å². The fraction of sp³-hybridized carbons (Fsp3) is 0.0400. The molecule has 1 aliphatic rings. The van der Waals surface area contributed by atoms with Crippen molar-refractivity contribution >= 4 is 23.5 Å². The molecule has 0 fully saturated rings. The van der Waals surface area contributed by atoms with Crippen molar-refractivity contribution in [3.8, 4) is 11.8 Å². The number of ketones is 1. The molecule has 0 atom stereocenters. The molecule has 0 bridgehead atoms. The van der Waals surface area contributed by atoms with Crippen LogP contribution in [0.5, 0.6) is 0 Å². The first-order chi connectivity index (χ1) is 14.9. The molecule has 1 aliphatic heterocycles. The van der Waals surface area contributed by atoms with E-state index >= 15 is 0 Å². The lowest BCUT2D eigenvalue weighted by Gasteiger charge is -2.18. The number of halogens is 3. The molecule has 0 radical (unpaired) electrons. The largest absolute Gasteiger partial charge is 0.321 e. The van der Waals surface area contributed by atoms with Gasteiger partial charge in [-0.05, 0) is 59.7 Å². The first-order valence-electron chi connectivity index (χ1n) is 9.31. The van der Waals surface area contributed by atoms with Gasteiger partial charge in [0.25, 0.3) is 5.91 Å². The first-order valence-corrected chi connectivity index (χ1v) is 9.31. The summed E-state index contributed by atoms with van der Waals surface area (Å²) in [7, 11) is 0. The first kappa shape index (κ1) is 20.2. The third kappa shape index (κ3) is 4.41. The monoisotopic (exact) mass is 417 g/mol. The maximum atomic E-state index is 13.5. The van der Waals surface area contributed by atoms with Gasteiger partial charge in [-0.1, -0.05) is 30.0 Å². The number of amides is 1. The number of carbonyl (C=O) groups is 2. The van der Waals surface area contributed by atoms with Crippen LogP contribution in [0.3, 0.4) is 0 Å². The van der Waals surface area contributed by atoms with Crippen LogP contribution in [0.2, 0.25) is 0 Å². The van der Waals surface area contributed by atoms with E-state index in [9.17, 15) is 22.8 Å². The Morgan fingerprint density at radius 2 is 1.65 bits per heavy atom. The predicted molar refractivity (Wildman–Crippen MR) is 111 cm³/mol. The van der Waals surface area contributed by atoms with Crippen LogP contribution in [-0.2, 0) is 11.2 Å². The number of hydrogen-bond acceptors (Lipinski definition) is 2. The quantitative estimate of drug-likeness (QED) is 0.366. The molecule has 0 aromatic heterocycles. The molecule has 1 heterocycles. The van der Waals surface area contributed by atoms with Crippen LogP contribution in [0.4, 0.5) is 18.9 Å². The zero-order valence-electron chi connectivity index (χ0n) is 16.0. The van der Waals surface area contributed by atoms with Crippen LogP contribution in [-0.4, -0.2) is 11.7 Å². The summed E-state index contributed by atoms with van der Waals surface area (Å²) in [4.78, 5) is 25.2. The van der Waals surface area contributed by atoms with Crippen LogP contribution in [0.25, 0.3) is 6.08 Å². The zero-order valence-corrected chi connectivity index (χ0v) is 16.0. The molecule has 1 N–H and O–H groups in total. The van der Waals surface area contributed by atoms with Gasteiger partial charge in [-0.15, -0.1) is 0 Å². The second-order valence-electron chi connectivity index (χ2n) is 6.88. The Bertz CT molecular complexity index is 1300. The molecule has 3 nitrogen and oxygen atoms in total. The van der Waals surface area contributed by atoms with E-state index in [2.05, 4.69) is 17.2 Å². The predicted octanol–water partition coefficient (Wildman–Crippen LogP) is 4.92. The molecule has 0 saturated carbocycles. The van der Waals surface area contributed by atoms with Gasteiger partial charge in [-0.2, -0.15) is 0 Å². The molecule has 4 rings (SSSR count). The lowest BCUT2D eigenvalue weighted by atomic mass is 9.93. The third-order valence-corrected chi connectivity index (χ3v) is 4.69. The Balaban J connectivity index is 1.60. The molecular weight excluding hydrogens is 403 g/mol. The summed E-state index contributed by atoms with van der Waals surface area (Å²) in [5.74, 6) is 2.34. The smallest absolute Gasteiger partial charge is 0.259 e. The second kappa shape index (κ2) is 8.33. The number of carbonyl (C=O) groups excluding carboxylic acids is 2. The van der Waals surface area contributed by atoms with Gasteiger partial charge >= 0.3 is 0 Å². The van der Waals surface area contributed by atoms with Gasteiger partial charge in [0.05, 0.1) is 11.3 Å². The fourth-order valence-electron chi connectivity index (χ4n) is 3.11. The molecule has 0 spiro atoms. The Labute approximate surface area is 176 Å². The van der Waals surface area contributed by atoms with E-state index < -0.39 is 23.3 Å². The lowest BCUT2D eigenvalue weighted by molar-refractivity contribution is -0.112. The third-order valence-electron chi connectivity index (χ3n) is 4.69. The van der Waals surface area contributed by atoms with E-state index in [0.29, 0.717) is 17.7 Å². The number of rotatable bonds is 2. The molecule has 152 valence electrons.